The van der Waals surface area contributed by atoms with Gasteiger partial charge in [0.05, 0.1) is 27.7 Å². The van der Waals surface area contributed by atoms with Crippen LogP contribution >= 0.6 is 11.3 Å². The molecular formula is C23H31N5OS. The predicted octanol–water partition coefficient (Wildman–Crippen LogP) is 4.54. The number of piperazine rings is 1. The quantitative estimate of drug-likeness (QED) is 0.582. The van der Waals surface area contributed by atoms with E-state index >= 15 is 0 Å². The normalized spacial score (nSPS) is 15.6. The van der Waals surface area contributed by atoms with Crippen molar-refractivity contribution in [1.82, 2.24) is 24.6 Å². The molecule has 0 atom stereocenters. The Morgan fingerprint density at radius 2 is 1.93 bits per heavy atom. The molecule has 6 nitrogen and oxygen atoms in total. The van der Waals surface area contributed by atoms with Crippen molar-refractivity contribution in [2.45, 2.75) is 40.2 Å². The van der Waals surface area contributed by atoms with Gasteiger partial charge in [-0.1, -0.05) is 19.9 Å². The summed E-state index contributed by atoms with van der Waals surface area (Å²) in [5.41, 5.74) is 2.35. The SMILES string of the molecule is CC(C)CCN1CCN(C(=O)c2cc(-c3cccs3)nc3c2cnn3C(C)C)CC1. The number of carbonyl (C=O) groups is 1. The van der Waals surface area contributed by atoms with E-state index in [2.05, 4.69) is 43.8 Å². The van der Waals surface area contributed by atoms with Crippen LogP contribution in [0.15, 0.2) is 29.8 Å². The van der Waals surface area contributed by atoms with Crippen LogP contribution in [0, 0.1) is 5.92 Å². The highest BCUT2D eigenvalue weighted by atomic mass is 32.1. The molecule has 1 aliphatic heterocycles. The number of hydrogen-bond donors (Lipinski definition) is 0. The third-order valence-corrected chi connectivity index (χ3v) is 6.63. The topological polar surface area (TPSA) is 54.3 Å². The molecule has 0 bridgehead atoms. The van der Waals surface area contributed by atoms with E-state index in [9.17, 15) is 4.79 Å². The Balaban J connectivity index is 1.62. The summed E-state index contributed by atoms with van der Waals surface area (Å²) >= 11 is 1.64. The minimum absolute atomic E-state index is 0.0898. The lowest BCUT2D eigenvalue weighted by Crippen LogP contribution is -2.49. The fourth-order valence-electron chi connectivity index (χ4n) is 3.91. The molecule has 0 saturated carbocycles. The molecule has 3 aromatic rings. The van der Waals surface area contributed by atoms with Gasteiger partial charge in [-0.15, -0.1) is 11.3 Å². The van der Waals surface area contributed by atoms with Crippen molar-refractivity contribution in [3.05, 3.63) is 35.3 Å². The smallest absolute Gasteiger partial charge is 0.254 e. The molecule has 160 valence electrons. The Labute approximate surface area is 182 Å². The average Bonchev–Trinajstić information content (AvgIpc) is 3.41. The first-order valence-corrected chi connectivity index (χ1v) is 11.8. The molecule has 4 rings (SSSR count). The molecule has 0 N–H and O–H groups in total. The number of amides is 1. The molecule has 1 aliphatic rings. The van der Waals surface area contributed by atoms with Crippen LogP contribution in [0.1, 0.15) is 50.5 Å². The number of fused-ring (bicyclic) bond motifs is 1. The van der Waals surface area contributed by atoms with Gasteiger partial charge in [0, 0.05) is 32.2 Å². The number of nitrogens with zero attached hydrogens (tertiary/aromatic N) is 5. The molecule has 0 radical (unpaired) electrons. The van der Waals surface area contributed by atoms with E-state index in [0.717, 1.165) is 54.3 Å². The minimum atomic E-state index is 0.0898. The summed E-state index contributed by atoms with van der Waals surface area (Å²) in [6.45, 7) is 13.2. The number of rotatable bonds is 6. The van der Waals surface area contributed by atoms with E-state index in [0.29, 0.717) is 11.5 Å². The van der Waals surface area contributed by atoms with Crippen LogP contribution in [0.3, 0.4) is 0 Å². The summed E-state index contributed by atoms with van der Waals surface area (Å²) in [5, 5.41) is 7.42. The Morgan fingerprint density at radius 3 is 2.57 bits per heavy atom. The molecule has 0 unspecified atom stereocenters. The van der Waals surface area contributed by atoms with Crippen molar-refractivity contribution in [3.63, 3.8) is 0 Å². The van der Waals surface area contributed by atoms with E-state index in [4.69, 9.17) is 4.98 Å². The second kappa shape index (κ2) is 8.86. The van der Waals surface area contributed by atoms with Crippen LogP contribution in [0.4, 0.5) is 0 Å². The van der Waals surface area contributed by atoms with E-state index in [1.807, 2.05) is 27.1 Å². The highest BCUT2D eigenvalue weighted by Gasteiger charge is 2.26. The second-order valence-corrected chi connectivity index (χ2v) is 9.72. The van der Waals surface area contributed by atoms with Crippen LogP contribution in [-0.4, -0.2) is 63.2 Å². The van der Waals surface area contributed by atoms with Crippen LogP contribution in [0.5, 0.6) is 0 Å². The van der Waals surface area contributed by atoms with Gasteiger partial charge in [-0.3, -0.25) is 9.69 Å². The third kappa shape index (κ3) is 4.27. The average molecular weight is 426 g/mol. The third-order valence-electron chi connectivity index (χ3n) is 5.74. The van der Waals surface area contributed by atoms with E-state index in [1.54, 1.807) is 17.5 Å². The molecule has 1 saturated heterocycles. The Kier molecular flexibility index (Phi) is 6.20. The summed E-state index contributed by atoms with van der Waals surface area (Å²) < 4.78 is 1.91. The van der Waals surface area contributed by atoms with Gasteiger partial charge in [-0.05, 0) is 50.2 Å². The van der Waals surface area contributed by atoms with Gasteiger partial charge in [-0.2, -0.15) is 5.10 Å². The Morgan fingerprint density at radius 1 is 1.17 bits per heavy atom. The number of hydrogen-bond acceptors (Lipinski definition) is 5. The molecular weight excluding hydrogens is 394 g/mol. The molecule has 4 heterocycles. The first kappa shape index (κ1) is 21.0. The van der Waals surface area contributed by atoms with Crippen molar-refractivity contribution >= 4 is 28.3 Å². The molecule has 1 amide bonds. The van der Waals surface area contributed by atoms with Gasteiger partial charge in [0.15, 0.2) is 5.65 Å². The highest BCUT2D eigenvalue weighted by molar-refractivity contribution is 7.13. The molecule has 30 heavy (non-hydrogen) atoms. The summed E-state index contributed by atoms with van der Waals surface area (Å²) in [4.78, 5) is 23.9. The predicted molar refractivity (Wildman–Crippen MR) is 123 cm³/mol. The van der Waals surface area contributed by atoms with Gasteiger partial charge in [0.1, 0.15) is 0 Å². The van der Waals surface area contributed by atoms with E-state index in [1.165, 1.54) is 6.42 Å². The fourth-order valence-corrected chi connectivity index (χ4v) is 4.60. The van der Waals surface area contributed by atoms with Gasteiger partial charge in [0.2, 0.25) is 0 Å². The van der Waals surface area contributed by atoms with Crippen molar-refractivity contribution in [2.24, 2.45) is 5.92 Å². The minimum Gasteiger partial charge on any atom is -0.336 e. The van der Waals surface area contributed by atoms with Crippen LogP contribution in [-0.2, 0) is 0 Å². The first-order chi connectivity index (χ1) is 14.4. The van der Waals surface area contributed by atoms with Crippen LogP contribution < -0.4 is 0 Å². The maximum atomic E-state index is 13.5. The number of aromatic nitrogens is 3. The first-order valence-electron chi connectivity index (χ1n) is 10.9. The zero-order valence-electron chi connectivity index (χ0n) is 18.3. The fraction of sp³-hybridized carbons (Fsp3) is 0.522. The number of carbonyl (C=O) groups excluding carboxylic acids is 1. The van der Waals surface area contributed by atoms with E-state index < -0.39 is 0 Å². The monoisotopic (exact) mass is 425 g/mol. The lowest BCUT2D eigenvalue weighted by Gasteiger charge is -2.35. The maximum Gasteiger partial charge on any atom is 0.254 e. The Bertz CT molecular complexity index is 1000. The second-order valence-electron chi connectivity index (χ2n) is 8.77. The van der Waals surface area contributed by atoms with Crippen molar-refractivity contribution in [2.75, 3.05) is 32.7 Å². The standard InChI is InChI=1S/C23H31N5OS/c1-16(2)7-8-26-9-11-27(12-10-26)23(29)18-14-20(21-6-5-13-30-21)25-22-19(18)15-24-28(22)17(3)4/h5-6,13-17H,7-12H2,1-4H3. The van der Waals surface area contributed by atoms with Crippen molar-refractivity contribution in [1.29, 1.82) is 0 Å². The number of pyridine rings is 1. The van der Waals surface area contributed by atoms with E-state index in [-0.39, 0.29) is 11.9 Å². The number of thiophene rings is 1. The summed E-state index contributed by atoms with van der Waals surface area (Å²) in [6.07, 6.45) is 3.00. The van der Waals surface area contributed by atoms with Gasteiger partial charge in [0.25, 0.3) is 5.91 Å². The molecule has 7 heteroatoms. The van der Waals surface area contributed by atoms with Crippen molar-refractivity contribution < 1.29 is 4.79 Å². The molecule has 1 fully saturated rings. The summed E-state index contributed by atoms with van der Waals surface area (Å²) in [5.74, 6) is 0.801. The van der Waals surface area contributed by atoms with Crippen molar-refractivity contribution in [3.8, 4) is 10.6 Å². The molecule has 0 aromatic carbocycles. The lowest BCUT2D eigenvalue weighted by atomic mass is 10.1. The lowest BCUT2D eigenvalue weighted by molar-refractivity contribution is 0.0633. The zero-order chi connectivity index (χ0) is 21.3. The highest BCUT2D eigenvalue weighted by Crippen LogP contribution is 2.29. The van der Waals surface area contributed by atoms with Crippen LogP contribution in [0.2, 0.25) is 0 Å². The Hall–Kier alpha value is -2.25. The van der Waals surface area contributed by atoms with Crippen LogP contribution in [0.25, 0.3) is 21.6 Å². The summed E-state index contributed by atoms with van der Waals surface area (Å²) in [6, 6.07) is 6.20. The summed E-state index contributed by atoms with van der Waals surface area (Å²) in [7, 11) is 0. The van der Waals surface area contributed by atoms with Gasteiger partial charge < -0.3 is 4.90 Å². The largest absolute Gasteiger partial charge is 0.336 e. The van der Waals surface area contributed by atoms with Gasteiger partial charge in [-0.25, -0.2) is 9.67 Å². The van der Waals surface area contributed by atoms with Gasteiger partial charge >= 0.3 is 0 Å². The zero-order valence-corrected chi connectivity index (χ0v) is 19.2. The molecule has 0 spiro atoms. The molecule has 0 aliphatic carbocycles. The maximum absolute atomic E-state index is 13.5. The molecule has 3 aromatic heterocycles.